The third-order valence-electron chi connectivity index (χ3n) is 23.8. The monoisotopic (exact) mass is 1550 g/mol. The Morgan fingerprint density at radius 1 is 0.311 bits per heavy atom. The van der Waals surface area contributed by atoms with Gasteiger partial charge in [-0.1, -0.05) is 24.3 Å². The van der Waals surface area contributed by atoms with Crippen molar-refractivity contribution in [3.63, 3.8) is 0 Å². The SMILES string of the molecule is CC12N3Cc4c(OCCCS(=O)(=O)O)ccc5ccc(OCCCS(=O)(=O)O)c(c45)CN1C(=O)N1CN4C(=O)N5CN6C(=O)N7CN8C(=O)N9Cc%10c(OCCCS(=O)(=O)O)ccc%11ccc(OCCCS(=O)(=O)O)c(c%10%11)CN%10C(=O)N(CN%11C(=O)N(CN%12C(=O)N(CN(C3=O)C12C)C4C%125)C6C%117)C8(C)C%109C. The summed E-state index contributed by atoms with van der Waals surface area (Å²) < 4.78 is 158. The summed E-state index contributed by atoms with van der Waals surface area (Å²) in [5.74, 6) is -1.80. The van der Waals surface area contributed by atoms with Crippen LogP contribution in [0.5, 0.6) is 23.0 Å². The summed E-state index contributed by atoms with van der Waals surface area (Å²) in [5.41, 5.74) is -5.49. The van der Waals surface area contributed by atoms with Crippen LogP contribution in [0.1, 0.15) is 75.6 Å². The summed E-state index contributed by atoms with van der Waals surface area (Å²) in [7, 11) is -17.6. The molecule has 40 nitrogen and oxygen atoms in total. The molecule has 13 heterocycles. The van der Waals surface area contributed by atoms with E-state index in [1.807, 2.05) is 0 Å². The first kappa shape index (κ1) is 69.4. The van der Waals surface area contributed by atoms with Crippen LogP contribution >= 0.6 is 0 Å². The van der Waals surface area contributed by atoms with E-state index in [0.29, 0.717) is 43.8 Å². The maximum absolute atomic E-state index is 15.9. The maximum Gasteiger partial charge on any atom is 0.326 e. The van der Waals surface area contributed by atoms with Gasteiger partial charge in [0.15, 0.2) is 47.3 Å². The van der Waals surface area contributed by atoms with Crippen LogP contribution in [0.3, 0.4) is 0 Å². The summed E-state index contributed by atoms with van der Waals surface area (Å²) in [4.78, 5) is 149. The number of carbonyl (C=O) groups excluding carboxylic acids is 8. The molecule has 0 unspecified atom stereocenters. The zero-order chi connectivity index (χ0) is 75.1. The van der Waals surface area contributed by atoms with E-state index >= 15 is 38.4 Å². The summed E-state index contributed by atoms with van der Waals surface area (Å²) >= 11 is 0. The van der Waals surface area contributed by atoms with E-state index < -0.39 is 199 Å². The molecule has 0 spiro atoms. The Morgan fingerprint density at radius 2 is 0.509 bits per heavy atom. The van der Waals surface area contributed by atoms with Gasteiger partial charge in [-0.15, -0.1) is 0 Å². The average Bonchev–Trinajstić information content (AvgIpc) is 1.49. The summed E-state index contributed by atoms with van der Waals surface area (Å²) in [5, 5.41) is 2.05. The number of rotatable bonds is 20. The fourth-order valence-electron chi connectivity index (χ4n) is 18.6. The highest BCUT2D eigenvalue weighted by atomic mass is 32.2. The lowest BCUT2D eigenvalue weighted by Crippen LogP contribution is -2.69. The van der Waals surface area contributed by atoms with Crippen molar-refractivity contribution in [3.8, 4) is 23.0 Å². The van der Waals surface area contributed by atoms with E-state index in [-0.39, 0.29) is 101 Å². The smallest absolute Gasteiger partial charge is 0.326 e. The third kappa shape index (κ3) is 9.63. The Morgan fingerprint density at radius 3 is 0.717 bits per heavy atom. The van der Waals surface area contributed by atoms with Gasteiger partial charge in [-0.2, -0.15) is 33.7 Å². The van der Waals surface area contributed by atoms with Gasteiger partial charge in [0.1, 0.15) is 63.0 Å². The van der Waals surface area contributed by atoms with Crippen LogP contribution in [-0.2, 0) is 66.7 Å². The normalized spacial score (nSPS) is 28.4. The highest BCUT2D eigenvalue weighted by Gasteiger charge is 2.80. The molecule has 13 aliphatic heterocycles. The van der Waals surface area contributed by atoms with Crippen LogP contribution in [0.4, 0.5) is 38.4 Å². The van der Waals surface area contributed by atoms with Crippen molar-refractivity contribution in [3.05, 3.63) is 70.8 Å². The molecule has 4 aromatic carbocycles. The predicted octanol–water partition coefficient (Wildman–Crippen LogP) is 2.20. The topological polar surface area (TPSA) is 443 Å². The highest BCUT2D eigenvalue weighted by molar-refractivity contribution is 7.86. The number of ether oxygens (including phenoxy) is 4. The molecule has 17 rings (SSSR count). The first-order chi connectivity index (χ1) is 49.9. The molecule has 13 aliphatic rings. The van der Waals surface area contributed by atoms with Crippen LogP contribution in [0.2, 0.25) is 0 Å². The van der Waals surface area contributed by atoms with Crippen molar-refractivity contribution in [2.75, 3.05) is 89.5 Å². The molecule has 0 aliphatic carbocycles. The molecule has 0 bridgehead atoms. The predicted molar refractivity (Wildman–Crippen MR) is 359 cm³/mol. The van der Waals surface area contributed by atoms with Crippen molar-refractivity contribution in [1.29, 1.82) is 0 Å². The van der Waals surface area contributed by atoms with Crippen molar-refractivity contribution in [2.45, 2.75) is 127 Å². The van der Waals surface area contributed by atoms with E-state index in [1.54, 1.807) is 76.2 Å². The lowest BCUT2D eigenvalue weighted by atomic mass is 9.90. The van der Waals surface area contributed by atoms with Crippen LogP contribution in [0.25, 0.3) is 21.5 Å². The molecule has 44 heteroatoms. The fourth-order valence-corrected chi connectivity index (χ4v) is 20.5. The van der Waals surface area contributed by atoms with Gasteiger partial charge in [-0.3, -0.25) is 96.6 Å². The standard InChI is InChI=1S/C62H72N16O24S4/c1-59-61(3)75-31-67-49-47-63(51(67)79)29-65-48-50-69(53(65)81)33-77-57(85)73-27-39-43(101-19-7-23-105(93,94)95)15-11-36-12-16-44(102-20-8-24-106(96,97)98)40(46(36)39)28-74-58(86)78(62(77,4)60(73,74)2)34-70(50)54(82)66(48)30-64(47)52(80)68(49)32-76(61)56(84)72(59)26-38-42(100-18-6-22-104(90,91)92)14-10-35-9-13-41(99-17-5-21-103(87,88)89)37(45(35)38)25-71(59)55(75)83/h9-16,47-50H,5-8,17-34H2,1-4H3,(H,87,88,89)(H,90,91,92)(H,93,94,95)(H,96,97,98). The molecule has 0 radical (unpaired) electrons. The van der Waals surface area contributed by atoms with Gasteiger partial charge < -0.3 is 18.9 Å². The van der Waals surface area contributed by atoms with E-state index in [1.165, 1.54) is 78.4 Å². The van der Waals surface area contributed by atoms with Gasteiger partial charge in [-0.25, -0.2) is 38.4 Å². The zero-order valence-electron chi connectivity index (χ0n) is 57.2. The Labute approximate surface area is 605 Å². The van der Waals surface area contributed by atoms with Crippen LogP contribution in [-0.4, -0.2) is 315 Å². The number of carbonyl (C=O) groups is 8. The van der Waals surface area contributed by atoms with E-state index in [4.69, 9.17) is 18.9 Å². The number of nitrogens with zero attached hydrogens (tertiary/aromatic N) is 16. The molecule has 0 saturated carbocycles. The van der Waals surface area contributed by atoms with Crippen molar-refractivity contribution in [1.82, 2.24) is 78.4 Å². The van der Waals surface area contributed by atoms with Gasteiger partial charge >= 0.3 is 48.2 Å². The van der Waals surface area contributed by atoms with Gasteiger partial charge in [0.05, 0.1) is 75.6 Å². The number of amides is 16. The molecule has 0 atom stereocenters. The minimum atomic E-state index is -4.40. The van der Waals surface area contributed by atoms with E-state index in [2.05, 4.69) is 0 Å². The van der Waals surface area contributed by atoms with Crippen molar-refractivity contribution >= 4 is 110 Å². The van der Waals surface area contributed by atoms with Crippen LogP contribution in [0.15, 0.2) is 48.5 Å². The second kappa shape index (κ2) is 23.0. The summed E-state index contributed by atoms with van der Waals surface area (Å²) in [6, 6.07) is 7.49. The maximum atomic E-state index is 15.9. The molecule has 11 fully saturated rings. The number of benzene rings is 4. The molecule has 568 valence electrons. The first-order valence-corrected chi connectivity index (χ1v) is 40.5. The zero-order valence-corrected chi connectivity index (χ0v) is 60.5. The molecule has 16 amide bonds. The van der Waals surface area contributed by atoms with Crippen molar-refractivity contribution < 1.29 is 109 Å². The average molecular weight is 1550 g/mol. The molecule has 106 heavy (non-hydrogen) atoms. The van der Waals surface area contributed by atoms with Crippen molar-refractivity contribution in [2.24, 2.45) is 0 Å². The van der Waals surface area contributed by atoms with Gasteiger partial charge in [0.2, 0.25) is 0 Å². The number of hydrogen-bond acceptors (Lipinski definition) is 20. The molecule has 0 aromatic heterocycles. The Kier molecular flexibility index (Phi) is 15.0. The molecule has 11 saturated heterocycles. The van der Waals surface area contributed by atoms with Gasteiger partial charge in [0, 0.05) is 22.3 Å². The van der Waals surface area contributed by atoms with Crippen LogP contribution < -0.4 is 18.9 Å². The minimum Gasteiger partial charge on any atom is -0.493 e. The quantitative estimate of drug-likeness (QED) is 0.0728. The van der Waals surface area contributed by atoms with Crippen LogP contribution in [0, 0.1) is 0 Å². The first-order valence-electron chi connectivity index (χ1n) is 34.0. The lowest BCUT2D eigenvalue weighted by molar-refractivity contribution is -0.0887. The Bertz CT molecular complexity index is 4540. The van der Waals surface area contributed by atoms with E-state index in [0.717, 1.165) is 0 Å². The number of urea groups is 8. The minimum absolute atomic E-state index is 0.145. The summed E-state index contributed by atoms with van der Waals surface area (Å²) in [6.07, 6.45) is -5.86. The highest BCUT2D eigenvalue weighted by Crippen LogP contribution is 2.60. The second-order valence-electron chi connectivity index (χ2n) is 29.0. The Balaban J connectivity index is 0.713. The second-order valence-corrected chi connectivity index (χ2v) is 35.3. The molecule has 4 aromatic rings. The molecular formula is C62H72N16O24S4. The molecular weight excluding hydrogens is 1480 g/mol. The van der Waals surface area contributed by atoms with Gasteiger partial charge in [-0.05, 0) is 99.2 Å². The van der Waals surface area contributed by atoms with Gasteiger partial charge in [0.25, 0.3) is 40.5 Å². The largest absolute Gasteiger partial charge is 0.493 e. The van der Waals surface area contributed by atoms with E-state index in [9.17, 15) is 51.9 Å². The lowest BCUT2D eigenvalue weighted by Gasteiger charge is -2.49. The Hall–Kier alpha value is -9.60. The summed E-state index contributed by atoms with van der Waals surface area (Å²) in [6.45, 7) is 0.968. The third-order valence-corrected chi connectivity index (χ3v) is 27.0. The molecule has 4 N–H and O–H groups in total. The fraction of sp³-hybridized carbons (Fsp3) is 0.548. The number of hydrogen-bond donors (Lipinski definition) is 4.